The summed E-state index contributed by atoms with van der Waals surface area (Å²) in [6, 6.07) is 0. The van der Waals surface area contributed by atoms with Crippen molar-refractivity contribution < 1.29 is 14.4 Å². The fourth-order valence-electron chi connectivity index (χ4n) is 2.93. The summed E-state index contributed by atoms with van der Waals surface area (Å²) in [5, 5.41) is 17.0. The van der Waals surface area contributed by atoms with Gasteiger partial charge in [-0.1, -0.05) is 24.9 Å². The fourth-order valence-corrected chi connectivity index (χ4v) is 2.93. The molecule has 106 valence electrons. The summed E-state index contributed by atoms with van der Waals surface area (Å²) < 4.78 is 4.98. The first kappa shape index (κ1) is 14.1. The standard InChI is InChI=1S/C14H22N2O3/c1-9-5-4-6-14(18,7-9)8-15-13(17)12-10(2)16-19-11(12)3/h9,18H,4-8H2,1-3H3,(H,15,17). The van der Waals surface area contributed by atoms with Crippen LogP contribution in [-0.2, 0) is 0 Å². The molecule has 1 heterocycles. The van der Waals surface area contributed by atoms with Crippen LogP contribution in [0.3, 0.4) is 0 Å². The predicted octanol–water partition coefficient (Wildman–Crippen LogP) is 1.96. The van der Waals surface area contributed by atoms with Crippen molar-refractivity contribution in [3.05, 3.63) is 17.0 Å². The first-order valence-electron chi connectivity index (χ1n) is 6.85. The Labute approximate surface area is 113 Å². The van der Waals surface area contributed by atoms with Crippen molar-refractivity contribution in [1.29, 1.82) is 0 Å². The number of aryl methyl sites for hydroxylation is 2. The average Bonchev–Trinajstić information content (AvgIpc) is 2.66. The molecule has 2 atom stereocenters. The van der Waals surface area contributed by atoms with Gasteiger partial charge in [0.05, 0.1) is 11.3 Å². The summed E-state index contributed by atoms with van der Waals surface area (Å²) in [4.78, 5) is 12.1. The van der Waals surface area contributed by atoms with Crippen LogP contribution >= 0.6 is 0 Å². The monoisotopic (exact) mass is 266 g/mol. The van der Waals surface area contributed by atoms with E-state index in [1.54, 1.807) is 13.8 Å². The molecule has 0 aliphatic heterocycles. The third-order valence-electron chi connectivity index (χ3n) is 3.91. The number of carbonyl (C=O) groups excluding carboxylic acids is 1. The molecule has 1 aromatic rings. The smallest absolute Gasteiger partial charge is 0.256 e. The van der Waals surface area contributed by atoms with E-state index in [4.69, 9.17) is 4.52 Å². The molecule has 1 saturated carbocycles. The molecule has 0 bridgehead atoms. The lowest BCUT2D eigenvalue weighted by Gasteiger charge is -2.35. The summed E-state index contributed by atoms with van der Waals surface area (Å²) in [7, 11) is 0. The highest BCUT2D eigenvalue weighted by molar-refractivity contribution is 5.96. The highest BCUT2D eigenvalue weighted by Crippen LogP contribution is 2.31. The molecule has 19 heavy (non-hydrogen) atoms. The summed E-state index contributed by atoms with van der Waals surface area (Å²) in [5.41, 5.74) is 0.290. The zero-order chi connectivity index (χ0) is 14.0. The van der Waals surface area contributed by atoms with Gasteiger partial charge in [-0.15, -0.1) is 0 Å². The molecule has 0 radical (unpaired) electrons. The van der Waals surface area contributed by atoms with Crippen molar-refractivity contribution >= 4 is 5.91 Å². The van der Waals surface area contributed by atoms with Gasteiger partial charge in [0.25, 0.3) is 5.91 Å². The van der Waals surface area contributed by atoms with E-state index in [2.05, 4.69) is 17.4 Å². The SMILES string of the molecule is Cc1noc(C)c1C(=O)NCC1(O)CCCC(C)C1. The van der Waals surface area contributed by atoms with E-state index in [0.29, 0.717) is 29.5 Å². The van der Waals surface area contributed by atoms with Crippen LogP contribution in [0.25, 0.3) is 0 Å². The van der Waals surface area contributed by atoms with Gasteiger partial charge in [0.15, 0.2) is 0 Å². The average molecular weight is 266 g/mol. The van der Waals surface area contributed by atoms with Gasteiger partial charge in [-0.25, -0.2) is 0 Å². The number of aliphatic hydroxyl groups is 1. The zero-order valence-electron chi connectivity index (χ0n) is 11.8. The lowest BCUT2D eigenvalue weighted by atomic mass is 9.79. The number of rotatable bonds is 3. The first-order chi connectivity index (χ1) is 8.91. The van der Waals surface area contributed by atoms with Gasteiger partial charge in [-0.2, -0.15) is 0 Å². The maximum absolute atomic E-state index is 12.1. The zero-order valence-corrected chi connectivity index (χ0v) is 11.8. The van der Waals surface area contributed by atoms with E-state index in [-0.39, 0.29) is 5.91 Å². The Kier molecular flexibility index (Phi) is 3.94. The number of nitrogens with one attached hydrogen (secondary N) is 1. The number of hydrogen-bond donors (Lipinski definition) is 2. The molecule has 1 amide bonds. The van der Waals surface area contributed by atoms with E-state index < -0.39 is 5.60 Å². The van der Waals surface area contributed by atoms with Crippen LogP contribution in [0.15, 0.2) is 4.52 Å². The minimum atomic E-state index is -0.772. The van der Waals surface area contributed by atoms with Crippen molar-refractivity contribution in [2.24, 2.45) is 5.92 Å². The molecule has 1 fully saturated rings. The maximum atomic E-state index is 12.1. The molecule has 1 aliphatic rings. The molecule has 1 aliphatic carbocycles. The Bertz CT molecular complexity index is 450. The second-order valence-electron chi connectivity index (χ2n) is 5.81. The number of nitrogens with zero attached hydrogens (tertiary/aromatic N) is 1. The van der Waals surface area contributed by atoms with Gasteiger partial charge in [-0.3, -0.25) is 4.79 Å². The third kappa shape index (κ3) is 3.15. The summed E-state index contributed by atoms with van der Waals surface area (Å²) >= 11 is 0. The molecule has 0 saturated heterocycles. The third-order valence-corrected chi connectivity index (χ3v) is 3.91. The number of carbonyl (C=O) groups is 1. The van der Waals surface area contributed by atoms with E-state index >= 15 is 0 Å². The van der Waals surface area contributed by atoms with E-state index in [1.807, 2.05) is 0 Å². The van der Waals surface area contributed by atoms with Crippen molar-refractivity contribution in [3.8, 4) is 0 Å². The molecule has 1 aromatic heterocycles. The number of hydrogen-bond acceptors (Lipinski definition) is 4. The molecule has 5 nitrogen and oxygen atoms in total. The van der Waals surface area contributed by atoms with Crippen molar-refractivity contribution in [2.45, 2.75) is 52.1 Å². The number of amides is 1. The maximum Gasteiger partial charge on any atom is 0.256 e. The normalized spacial score (nSPS) is 27.3. The van der Waals surface area contributed by atoms with Crippen LogP contribution in [0.1, 0.15) is 54.4 Å². The molecule has 0 aromatic carbocycles. The molecule has 5 heteroatoms. The summed E-state index contributed by atoms with van der Waals surface area (Å²) in [5.74, 6) is 0.802. The van der Waals surface area contributed by atoms with Crippen molar-refractivity contribution in [1.82, 2.24) is 10.5 Å². The van der Waals surface area contributed by atoms with Gasteiger partial charge in [-0.05, 0) is 32.6 Å². The Morgan fingerprint density at radius 1 is 1.58 bits per heavy atom. The van der Waals surface area contributed by atoms with Gasteiger partial charge in [0, 0.05) is 6.54 Å². The fraction of sp³-hybridized carbons (Fsp3) is 0.714. The van der Waals surface area contributed by atoms with Crippen LogP contribution in [-0.4, -0.2) is 28.3 Å². The lowest BCUT2D eigenvalue weighted by Crippen LogP contribution is -2.45. The van der Waals surface area contributed by atoms with Gasteiger partial charge in [0.2, 0.25) is 0 Å². The van der Waals surface area contributed by atoms with Crippen LogP contribution in [0.5, 0.6) is 0 Å². The highest BCUT2D eigenvalue weighted by atomic mass is 16.5. The van der Waals surface area contributed by atoms with Crippen LogP contribution in [0.2, 0.25) is 0 Å². The van der Waals surface area contributed by atoms with Crippen LogP contribution in [0.4, 0.5) is 0 Å². The molecule has 0 spiro atoms. The highest BCUT2D eigenvalue weighted by Gasteiger charge is 2.33. The number of aromatic nitrogens is 1. The van der Waals surface area contributed by atoms with Crippen LogP contribution < -0.4 is 5.32 Å². The molecule has 2 unspecified atom stereocenters. The Hall–Kier alpha value is -1.36. The van der Waals surface area contributed by atoms with Crippen molar-refractivity contribution in [3.63, 3.8) is 0 Å². The summed E-state index contributed by atoms with van der Waals surface area (Å²) in [6.07, 6.45) is 3.66. The van der Waals surface area contributed by atoms with Gasteiger partial charge >= 0.3 is 0 Å². The predicted molar refractivity (Wildman–Crippen MR) is 70.9 cm³/mol. The largest absolute Gasteiger partial charge is 0.388 e. The Morgan fingerprint density at radius 2 is 2.32 bits per heavy atom. The van der Waals surface area contributed by atoms with E-state index in [9.17, 15) is 9.90 Å². The van der Waals surface area contributed by atoms with Gasteiger partial charge in [0.1, 0.15) is 11.3 Å². The first-order valence-corrected chi connectivity index (χ1v) is 6.85. The molecular weight excluding hydrogens is 244 g/mol. The minimum absolute atomic E-state index is 0.220. The Morgan fingerprint density at radius 3 is 2.89 bits per heavy atom. The van der Waals surface area contributed by atoms with E-state index in [0.717, 1.165) is 25.7 Å². The summed E-state index contributed by atoms with van der Waals surface area (Å²) in [6.45, 7) is 5.88. The Balaban J connectivity index is 1.97. The van der Waals surface area contributed by atoms with Crippen LogP contribution in [0, 0.1) is 19.8 Å². The lowest BCUT2D eigenvalue weighted by molar-refractivity contribution is -0.0109. The second kappa shape index (κ2) is 5.33. The molecule has 2 N–H and O–H groups in total. The van der Waals surface area contributed by atoms with Crippen molar-refractivity contribution in [2.75, 3.05) is 6.54 Å². The second-order valence-corrected chi connectivity index (χ2v) is 5.81. The molecule has 2 rings (SSSR count). The van der Waals surface area contributed by atoms with Gasteiger partial charge < -0.3 is 14.9 Å². The minimum Gasteiger partial charge on any atom is -0.388 e. The van der Waals surface area contributed by atoms with E-state index in [1.165, 1.54) is 0 Å². The molecular formula is C14H22N2O3. The topological polar surface area (TPSA) is 75.4 Å². The quantitative estimate of drug-likeness (QED) is 0.877.